The van der Waals surface area contributed by atoms with Gasteiger partial charge in [-0.1, -0.05) is 12.1 Å². The predicted molar refractivity (Wildman–Crippen MR) is 164 cm³/mol. The second-order valence-corrected chi connectivity index (χ2v) is 11.1. The Morgan fingerprint density at radius 3 is 2.55 bits per heavy atom. The Labute approximate surface area is 246 Å². The Balaban J connectivity index is 1.53. The van der Waals surface area contributed by atoms with E-state index in [1.807, 2.05) is 61.6 Å². The molecule has 0 saturated carbocycles. The van der Waals surface area contributed by atoms with Gasteiger partial charge in [0, 0.05) is 53.6 Å². The Hall–Kier alpha value is -4.32. The lowest BCUT2D eigenvalue weighted by atomic mass is 10.0. The van der Waals surface area contributed by atoms with Crippen LogP contribution < -0.4 is 24.7 Å². The summed E-state index contributed by atoms with van der Waals surface area (Å²) >= 11 is 1.52. The van der Waals surface area contributed by atoms with Crippen LogP contribution in [0.25, 0.3) is 32.6 Å². The minimum atomic E-state index is -0.636. The molecule has 3 aromatic carbocycles. The minimum absolute atomic E-state index is 0.121. The van der Waals surface area contributed by atoms with E-state index in [0.29, 0.717) is 57.6 Å². The lowest BCUT2D eigenvalue weighted by Crippen LogP contribution is -2.30. The average Bonchev–Trinajstić information content (AvgIpc) is 3.46. The number of carbonyl (C=O) groups is 1. The summed E-state index contributed by atoms with van der Waals surface area (Å²) in [6, 6.07) is 14.4. The molecule has 0 saturated heterocycles. The van der Waals surface area contributed by atoms with Crippen molar-refractivity contribution in [3.05, 3.63) is 70.6 Å². The van der Waals surface area contributed by atoms with Crippen LogP contribution in [0.2, 0.25) is 0 Å². The van der Waals surface area contributed by atoms with Gasteiger partial charge in [-0.05, 0) is 56.1 Å². The highest BCUT2D eigenvalue weighted by Crippen LogP contribution is 2.39. The fraction of sp³-hybridized carbons (Fsp3) is 0.258. The van der Waals surface area contributed by atoms with Gasteiger partial charge in [-0.3, -0.25) is 14.7 Å². The maximum atomic E-state index is 14.2. The number of fused-ring (bicyclic) bond motifs is 6. The van der Waals surface area contributed by atoms with Crippen LogP contribution >= 0.6 is 11.8 Å². The highest BCUT2D eigenvalue weighted by Gasteiger charge is 2.23. The Morgan fingerprint density at radius 2 is 1.81 bits per heavy atom. The second-order valence-electron chi connectivity index (χ2n) is 10.3. The predicted octanol–water partition coefficient (Wildman–Crippen LogP) is 4.84. The monoisotopic (exact) mass is 586 g/mol. The maximum absolute atomic E-state index is 14.2. The number of para-hydroxylation sites is 1. The molecule has 0 atom stereocenters. The first-order chi connectivity index (χ1) is 20.3. The number of rotatable bonds is 7. The van der Waals surface area contributed by atoms with E-state index in [1.54, 1.807) is 29.9 Å². The van der Waals surface area contributed by atoms with E-state index in [2.05, 4.69) is 4.98 Å². The van der Waals surface area contributed by atoms with Crippen molar-refractivity contribution in [2.45, 2.75) is 18.0 Å². The summed E-state index contributed by atoms with van der Waals surface area (Å²) in [5.74, 6) is 1.32. The van der Waals surface area contributed by atoms with Crippen LogP contribution in [0.3, 0.4) is 0 Å². The topological polar surface area (TPSA) is 106 Å². The summed E-state index contributed by atoms with van der Waals surface area (Å²) in [5.41, 5.74) is 2.20. The highest BCUT2D eigenvalue weighted by atomic mass is 32.2. The van der Waals surface area contributed by atoms with Crippen molar-refractivity contribution in [1.29, 1.82) is 0 Å². The van der Waals surface area contributed by atoms with E-state index < -0.39 is 12.7 Å². The van der Waals surface area contributed by atoms with Crippen molar-refractivity contribution in [2.75, 3.05) is 45.6 Å². The lowest BCUT2D eigenvalue weighted by molar-refractivity contribution is 0.174. The summed E-state index contributed by atoms with van der Waals surface area (Å²) in [5, 5.41) is 12.8. The Kier molecular flexibility index (Phi) is 7.40. The van der Waals surface area contributed by atoms with Crippen molar-refractivity contribution in [3.8, 4) is 17.2 Å². The number of carbonyl (C=O) groups excluding carboxylic acids is 1. The molecule has 1 amide bonds. The van der Waals surface area contributed by atoms with Gasteiger partial charge in [-0.2, -0.15) is 0 Å². The molecule has 0 spiro atoms. The zero-order valence-corrected chi connectivity index (χ0v) is 24.5. The molecule has 0 bridgehead atoms. The minimum Gasteiger partial charge on any atom is -0.454 e. The number of hydrogen-bond acceptors (Lipinski definition) is 9. The molecule has 10 nitrogen and oxygen atoms in total. The van der Waals surface area contributed by atoms with Crippen molar-refractivity contribution in [1.82, 2.24) is 14.5 Å². The van der Waals surface area contributed by atoms with Gasteiger partial charge >= 0.3 is 6.09 Å². The van der Waals surface area contributed by atoms with Crippen LogP contribution in [-0.2, 0) is 13.2 Å². The van der Waals surface area contributed by atoms with Crippen molar-refractivity contribution in [2.24, 2.45) is 0 Å². The molecule has 1 aliphatic heterocycles. The summed E-state index contributed by atoms with van der Waals surface area (Å²) in [6.45, 7) is 0.760. The van der Waals surface area contributed by atoms with Gasteiger partial charge in [0.05, 0.1) is 28.7 Å². The number of aliphatic hydroxyl groups excluding tert-OH is 1. The zero-order chi connectivity index (χ0) is 29.5. The molecule has 6 rings (SSSR count). The van der Waals surface area contributed by atoms with Crippen LogP contribution in [0.4, 0.5) is 10.5 Å². The van der Waals surface area contributed by atoms with Crippen molar-refractivity contribution in [3.63, 3.8) is 0 Å². The molecule has 3 heterocycles. The highest BCUT2D eigenvalue weighted by molar-refractivity contribution is 7.98. The molecule has 216 valence electrons. The van der Waals surface area contributed by atoms with Gasteiger partial charge in [0.25, 0.3) is 5.56 Å². The third-order valence-corrected chi connectivity index (χ3v) is 8.21. The first kappa shape index (κ1) is 27.8. The molecule has 5 aromatic rings. The fourth-order valence-corrected chi connectivity index (χ4v) is 5.86. The number of benzene rings is 3. The summed E-state index contributed by atoms with van der Waals surface area (Å²) in [6.07, 6.45) is 3.03. The van der Waals surface area contributed by atoms with Crippen molar-refractivity contribution >= 4 is 56.1 Å². The molecule has 0 unspecified atom stereocenters. The van der Waals surface area contributed by atoms with E-state index in [-0.39, 0.29) is 18.1 Å². The third kappa shape index (κ3) is 4.79. The molecule has 11 heteroatoms. The van der Waals surface area contributed by atoms with Gasteiger partial charge in [0.1, 0.15) is 5.75 Å². The van der Waals surface area contributed by atoms with E-state index in [0.717, 1.165) is 15.7 Å². The van der Waals surface area contributed by atoms with E-state index in [9.17, 15) is 14.7 Å². The van der Waals surface area contributed by atoms with Crippen LogP contribution in [0.1, 0.15) is 5.56 Å². The number of thioether (sulfide) groups is 1. The molecule has 1 aliphatic rings. The van der Waals surface area contributed by atoms with Gasteiger partial charge in [-0.25, -0.2) is 4.79 Å². The number of likely N-dealkylation sites (N-methyl/N-ethyl adjacent to an activating group) is 1. The summed E-state index contributed by atoms with van der Waals surface area (Å²) < 4.78 is 18.7. The number of ether oxygens (including phenoxy) is 3. The van der Waals surface area contributed by atoms with Crippen molar-refractivity contribution < 1.29 is 24.1 Å². The fourth-order valence-electron chi connectivity index (χ4n) is 5.23. The number of amides is 1. The van der Waals surface area contributed by atoms with E-state index >= 15 is 0 Å². The van der Waals surface area contributed by atoms with E-state index in [4.69, 9.17) is 14.2 Å². The lowest BCUT2D eigenvalue weighted by Gasteiger charge is -2.21. The number of nitrogens with zero attached hydrogens (tertiary/aromatic N) is 4. The van der Waals surface area contributed by atoms with Crippen LogP contribution in [0.5, 0.6) is 17.2 Å². The molecule has 1 N–H and O–H groups in total. The van der Waals surface area contributed by atoms with Crippen LogP contribution in [0.15, 0.2) is 64.4 Å². The number of aliphatic hydroxyl groups is 1. The average molecular weight is 587 g/mol. The van der Waals surface area contributed by atoms with Crippen LogP contribution in [0, 0.1) is 0 Å². The number of anilines is 1. The Morgan fingerprint density at radius 1 is 1.05 bits per heavy atom. The van der Waals surface area contributed by atoms with Gasteiger partial charge < -0.3 is 28.8 Å². The Bertz CT molecular complexity index is 1920. The number of hydrogen-bond donors (Lipinski definition) is 1. The third-order valence-electron chi connectivity index (χ3n) is 7.43. The standard InChI is InChI=1S/C31H30N4O6S/c1-33(2)9-10-35-29-21-13-26-27(40-17-39-26)14-23(21)32-15-22(29)19-11-18(16-36)25(12-20(19)30(35)37)41-31(38)34(3)24-7-5-6-8-28(24)42-4/h5-8,11-15,36H,9-10,16-17H2,1-4H3. The molecule has 2 aromatic heterocycles. The maximum Gasteiger partial charge on any atom is 0.419 e. The first-order valence-electron chi connectivity index (χ1n) is 13.4. The zero-order valence-electron chi connectivity index (χ0n) is 23.7. The number of aromatic nitrogens is 2. The van der Waals surface area contributed by atoms with E-state index in [1.165, 1.54) is 16.7 Å². The quantitative estimate of drug-likeness (QED) is 0.212. The summed E-state index contributed by atoms with van der Waals surface area (Å²) in [4.78, 5) is 36.4. The van der Waals surface area contributed by atoms with Gasteiger partial charge in [0.2, 0.25) is 6.79 Å². The van der Waals surface area contributed by atoms with Crippen LogP contribution in [-0.4, -0.2) is 66.4 Å². The first-order valence-corrected chi connectivity index (χ1v) is 14.6. The SMILES string of the molecule is CSc1ccccc1N(C)C(=O)Oc1cc2c(=O)n(CCN(C)C)c3c4cc5c(cc4ncc3c2cc1CO)OCO5. The molecule has 0 fully saturated rings. The molecular weight excluding hydrogens is 556 g/mol. The normalized spacial score (nSPS) is 12.5. The summed E-state index contributed by atoms with van der Waals surface area (Å²) in [7, 11) is 5.52. The largest absolute Gasteiger partial charge is 0.454 e. The van der Waals surface area contributed by atoms with Gasteiger partial charge in [-0.15, -0.1) is 11.8 Å². The molecule has 0 radical (unpaired) electrons. The number of pyridine rings is 2. The van der Waals surface area contributed by atoms with Gasteiger partial charge in [0.15, 0.2) is 11.5 Å². The molecule has 42 heavy (non-hydrogen) atoms. The molecular formula is C31H30N4O6S. The smallest absolute Gasteiger partial charge is 0.419 e. The second kappa shape index (κ2) is 11.2. The molecule has 0 aliphatic carbocycles.